The molecular formula is C21H16N6O2. The summed E-state index contributed by atoms with van der Waals surface area (Å²) in [5.41, 5.74) is 3.55. The van der Waals surface area contributed by atoms with Gasteiger partial charge < -0.3 is 9.72 Å². The van der Waals surface area contributed by atoms with E-state index in [1.54, 1.807) is 17.0 Å². The summed E-state index contributed by atoms with van der Waals surface area (Å²) in [4.78, 5) is 29.4. The van der Waals surface area contributed by atoms with Crippen LogP contribution >= 0.6 is 0 Å². The van der Waals surface area contributed by atoms with Gasteiger partial charge in [-0.3, -0.25) is 8.97 Å². The van der Waals surface area contributed by atoms with Crippen LogP contribution in [0.2, 0.25) is 0 Å². The molecular weight excluding hydrogens is 368 g/mol. The number of fused-ring (bicyclic) bond motifs is 3. The van der Waals surface area contributed by atoms with E-state index in [0.717, 1.165) is 22.7 Å². The van der Waals surface area contributed by atoms with Crippen LogP contribution in [0, 0.1) is 0 Å². The molecule has 29 heavy (non-hydrogen) atoms. The van der Waals surface area contributed by atoms with E-state index in [1.807, 2.05) is 53.1 Å². The van der Waals surface area contributed by atoms with Gasteiger partial charge in [-0.15, -0.1) is 0 Å². The summed E-state index contributed by atoms with van der Waals surface area (Å²) in [6, 6.07) is 13.5. The molecule has 1 aliphatic heterocycles. The number of H-pyrrole nitrogens is 1. The van der Waals surface area contributed by atoms with E-state index in [0.29, 0.717) is 30.0 Å². The first-order chi connectivity index (χ1) is 14.3. The molecule has 8 nitrogen and oxygen atoms in total. The Labute approximate surface area is 164 Å². The number of nitrogens with one attached hydrogen (secondary N) is 1. The van der Waals surface area contributed by atoms with Gasteiger partial charge in [0.25, 0.3) is 0 Å². The summed E-state index contributed by atoms with van der Waals surface area (Å²) in [5, 5.41) is 0. The molecule has 0 saturated carbocycles. The summed E-state index contributed by atoms with van der Waals surface area (Å²) in [6.45, 7) is 0.548. The standard InChI is InChI=1S/C21H16N6O2/c28-21-24-14-11-23-19(16-12-22-18-7-3-4-9-26(16)18)25-20(14)27(21)15-8-10-29-17-6-2-1-5-13(15)17/h1-7,9,11-12,15H,8,10H2,(H,24,28)/t15-/m0/s1. The molecule has 1 atom stereocenters. The Morgan fingerprint density at radius 1 is 1.07 bits per heavy atom. The molecule has 0 fully saturated rings. The van der Waals surface area contributed by atoms with Crippen LogP contribution in [0.25, 0.3) is 28.3 Å². The zero-order chi connectivity index (χ0) is 19.4. The van der Waals surface area contributed by atoms with Crippen LogP contribution in [-0.2, 0) is 0 Å². The third-order valence-electron chi connectivity index (χ3n) is 5.34. The summed E-state index contributed by atoms with van der Waals surface area (Å²) in [7, 11) is 0. The summed E-state index contributed by atoms with van der Waals surface area (Å²) >= 11 is 0. The van der Waals surface area contributed by atoms with Crippen molar-refractivity contribution >= 4 is 16.8 Å². The fourth-order valence-electron chi connectivity index (χ4n) is 4.02. The van der Waals surface area contributed by atoms with Crippen molar-refractivity contribution in [3.8, 4) is 17.3 Å². The Hall–Kier alpha value is -3.94. The van der Waals surface area contributed by atoms with Crippen LogP contribution < -0.4 is 10.4 Å². The van der Waals surface area contributed by atoms with Crippen LogP contribution in [0.15, 0.2) is 65.8 Å². The number of hydrogen-bond donors (Lipinski definition) is 1. The Balaban J connectivity index is 1.57. The minimum atomic E-state index is -0.203. The SMILES string of the molecule is O=c1[nH]c2cnc(-c3cnc4ccccn34)nc2n1[C@H]1CCOc2ccccc21. The van der Waals surface area contributed by atoms with E-state index in [1.165, 1.54) is 0 Å². The van der Waals surface area contributed by atoms with Crippen LogP contribution in [0.5, 0.6) is 5.75 Å². The number of benzene rings is 1. The monoisotopic (exact) mass is 384 g/mol. The third kappa shape index (κ3) is 2.39. The van der Waals surface area contributed by atoms with E-state index < -0.39 is 0 Å². The van der Waals surface area contributed by atoms with Gasteiger partial charge >= 0.3 is 5.69 Å². The van der Waals surface area contributed by atoms with E-state index in [4.69, 9.17) is 9.72 Å². The molecule has 5 aromatic rings. The number of aromatic nitrogens is 6. The molecule has 4 aromatic heterocycles. The van der Waals surface area contributed by atoms with Gasteiger partial charge in [0.1, 0.15) is 22.6 Å². The van der Waals surface area contributed by atoms with Crippen molar-refractivity contribution in [2.75, 3.05) is 6.61 Å². The molecule has 0 aliphatic carbocycles. The van der Waals surface area contributed by atoms with Gasteiger partial charge in [-0.25, -0.2) is 19.7 Å². The first-order valence-corrected chi connectivity index (χ1v) is 9.41. The number of hydrogen-bond acceptors (Lipinski definition) is 5. The molecule has 1 aromatic carbocycles. The highest BCUT2D eigenvalue weighted by Crippen LogP contribution is 2.35. The van der Waals surface area contributed by atoms with Crippen LogP contribution in [0.3, 0.4) is 0 Å². The fourth-order valence-corrected chi connectivity index (χ4v) is 4.02. The zero-order valence-corrected chi connectivity index (χ0v) is 15.3. The van der Waals surface area contributed by atoms with Crippen molar-refractivity contribution in [3.63, 3.8) is 0 Å². The topological polar surface area (TPSA) is 90.1 Å². The number of imidazole rings is 2. The van der Waals surface area contributed by atoms with Crippen molar-refractivity contribution in [2.24, 2.45) is 0 Å². The van der Waals surface area contributed by atoms with Gasteiger partial charge in [0.05, 0.1) is 25.0 Å². The minimum absolute atomic E-state index is 0.147. The number of pyridine rings is 1. The number of aromatic amines is 1. The maximum Gasteiger partial charge on any atom is 0.328 e. The molecule has 0 saturated heterocycles. The van der Waals surface area contributed by atoms with Crippen LogP contribution in [0.1, 0.15) is 18.0 Å². The fraction of sp³-hybridized carbons (Fsp3) is 0.143. The molecule has 0 unspecified atom stereocenters. The zero-order valence-electron chi connectivity index (χ0n) is 15.3. The average Bonchev–Trinajstić information content (AvgIpc) is 3.33. The lowest BCUT2D eigenvalue weighted by molar-refractivity contribution is 0.256. The van der Waals surface area contributed by atoms with Gasteiger partial charge in [0, 0.05) is 18.2 Å². The first kappa shape index (κ1) is 16.1. The molecule has 5 heterocycles. The Morgan fingerprint density at radius 2 is 1.97 bits per heavy atom. The smallest absolute Gasteiger partial charge is 0.328 e. The molecule has 6 rings (SSSR count). The second kappa shape index (κ2) is 6.03. The van der Waals surface area contributed by atoms with Gasteiger partial charge in [-0.1, -0.05) is 24.3 Å². The minimum Gasteiger partial charge on any atom is -0.493 e. The van der Waals surface area contributed by atoms with Crippen molar-refractivity contribution in [1.82, 2.24) is 28.9 Å². The maximum absolute atomic E-state index is 12.8. The molecule has 1 N–H and O–H groups in total. The Morgan fingerprint density at radius 3 is 2.93 bits per heavy atom. The second-order valence-electron chi connectivity index (χ2n) is 6.99. The number of ether oxygens (including phenoxy) is 1. The van der Waals surface area contributed by atoms with Gasteiger partial charge in [-0.05, 0) is 18.2 Å². The van der Waals surface area contributed by atoms with E-state index in [2.05, 4.69) is 15.0 Å². The maximum atomic E-state index is 12.8. The summed E-state index contributed by atoms with van der Waals surface area (Å²) < 4.78 is 9.41. The lowest BCUT2D eigenvalue weighted by Crippen LogP contribution is -2.28. The first-order valence-electron chi connectivity index (χ1n) is 9.41. The van der Waals surface area contributed by atoms with E-state index >= 15 is 0 Å². The predicted molar refractivity (Wildman–Crippen MR) is 107 cm³/mol. The normalized spacial score (nSPS) is 16.1. The second-order valence-corrected chi connectivity index (χ2v) is 6.99. The van der Waals surface area contributed by atoms with Crippen LogP contribution in [0.4, 0.5) is 0 Å². The summed E-state index contributed by atoms with van der Waals surface area (Å²) in [5.74, 6) is 1.32. The van der Waals surface area contributed by atoms with Gasteiger partial charge in [0.15, 0.2) is 11.5 Å². The largest absolute Gasteiger partial charge is 0.493 e. The Bertz CT molecular complexity index is 1430. The lowest BCUT2D eigenvalue weighted by atomic mass is 10.0. The molecule has 142 valence electrons. The van der Waals surface area contributed by atoms with E-state index in [-0.39, 0.29) is 11.7 Å². The quantitative estimate of drug-likeness (QED) is 0.505. The highest BCUT2D eigenvalue weighted by molar-refractivity contribution is 5.73. The average molecular weight is 384 g/mol. The van der Waals surface area contributed by atoms with Crippen molar-refractivity contribution < 1.29 is 4.74 Å². The van der Waals surface area contributed by atoms with Gasteiger partial charge in [-0.2, -0.15) is 0 Å². The molecule has 0 bridgehead atoms. The molecule has 0 amide bonds. The Kier molecular flexibility index (Phi) is 3.34. The third-order valence-corrected chi connectivity index (χ3v) is 5.34. The highest BCUT2D eigenvalue weighted by Gasteiger charge is 2.26. The molecule has 0 spiro atoms. The van der Waals surface area contributed by atoms with Crippen molar-refractivity contribution in [1.29, 1.82) is 0 Å². The predicted octanol–water partition coefficient (Wildman–Crippen LogP) is 2.81. The highest BCUT2D eigenvalue weighted by atomic mass is 16.5. The van der Waals surface area contributed by atoms with Crippen molar-refractivity contribution in [2.45, 2.75) is 12.5 Å². The summed E-state index contributed by atoms with van der Waals surface area (Å²) in [6.07, 6.45) is 6.02. The number of para-hydroxylation sites is 1. The lowest BCUT2D eigenvalue weighted by Gasteiger charge is -2.26. The number of nitrogens with zero attached hydrogens (tertiary/aromatic N) is 5. The molecule has 1 aliphatic rings. The van der Waals surface area contributed by atoms with Gasteiger partial charge in [0.2, 0.25) is 0 Å². The van der Waals surface area contributed by atoms with E-state index in [9.17, 15) is 4.79 Å². The number of rotatable bonds is 2. The van der Waals surface area contributed by atoms with Crippen molar-refractivity contribution in [3.05, 3.63) is 77.1 Å². The molecule has 8 heteroatoms. The van der Waals surface area contributed by atoms with Crippen LogP contribution in [-0.4, -0.2) is 35.5 Å². The molecule has 0 radical (unpaired) electrons.